The van der Waals surface area contributed by atoms with Crippen LogP contribution >= 0.6 is 27.5 Å². The highest BCUT2D eigenvalue weighted by molar-refractivity contribution is 9.10. The Balaban J connectivity index is 1.65. The molecule has 0 radical (unpaired) electrons. The highest BCUT2D eigenvalue weighted by Gasteiger charge is 2.22. The average Bonchev–Trinajstić information content (AvgIpc) is 3.26. The summed E-state index contributed by atoms with van der Waals surface area (Å²) in [5, 5.41) is 4.93. The third-order valence-electron chi connectivity index (χ3n) is 4.30. The zero-order chi connectivity index (χ0) is 18.4. The minimum absolute atomic E-state index is 0.545. The molecule has 0 fully saturated rings. The van der Waals surface area contributed by atoms with Crippen LogP contribution in [0.5, 0.6) is 5.75 Å². The molecule has 0 amide bonds. The van der Waals surface area contributed by atoms with Gasteiger partial charge in [-0.3, -0.25) is 0 Å². The van der Waals surface area contributed by atoms with Gasteiger partial charge < -0.3 is 9.30 Å². The van der Waals surface area contributed by atoms with Gasteiger partial charge in [0.25, 0.3) is 0 Å². The fourth-order valence-corrected chi connectivity index (χ4v) is 3.61. The smallest absolute Gasteiger partial charge is 0.183 e. The minimum Gasteiger partial charge on any atom is -0.491 e. The molecule has 0 atom stereocenters. The lowest BCUT2D eigenvalue weighted by molar-refractivity contribution is 0.306. The molecule has 0 saturated heterocycles. The van der Waals surface area contributed by atoms with E-state index in [1.54, 1.807) is 10.9 Å². The number of halogens is 2. The van der Waals surface area contributed by atoms with Gasteiger partial charge in [0.15, 0.2) is 5.82 Å². The number of rotatable bonds is 2. The monoisotopic (exact) mass is 442 g/mol. The number of imidazole rings is 1. The van der Waals surface area contributed by atoms with Crippen LogP contribution in [0.1, 0.15) is 0 Å². The Morgan fingerprint density at radius 2 is 2.04 bits per heavy atom. The van der Waals surface area contributed by atoms with E-state index in [1.807, 2.05) is 41.1 Å². The topological polar surface area (TPSA) is 70.7 Å². The maximum absolute atomic E-state index is 6.34. The molecule has 1 aromatic carbocycles. The number of hydrogen-bond donors (Lipinski definition) is 0. The number of benzene rings is 1. The third kappa shape index (κ3) is 2.81. The van der Waals surface area contributed by atoms with Gasteiger partial charge in [-0.2, -0.15) is 5.10 Å². The first-order valence-corrected chi connectivity index (χ1v) is 9.39. The van der Waals surface area contributed by atoms with E-state index in [4.69, 9.17) is 21.3 Å². The highest BCUT2D eigenvalue weighted by Crippen LogP contribution is 2.34. The number of nitrogens with zero attached hydrogens (tertiary/aromatic N) is 6. The number of pyridine rings is 1. The summed E-state index contributed by atoms with van der Waals surface area (Å²) in [6.07, 6.45) is 5.21. The Hall–Kier alpha value is -2.71. The Labute approximate surface area is 167 Å². The summed E-state index contributed by atoms with van der Waals surface area (Å²) in [4.78, 5) is 13.5. The second-order valence-corrected chi connectivity index (χ2v) is 7.16. The number of aromatic nitrogens is 6. The SMILES string of the molecule is Clc1ccccc1-n1ncnc1-c1cn2c(n1)-c1cnc(Br)cc1OCC2. The quantitative estimate of drug-likeness (QED) is 0.438. The van der Waals surface area contributed by atoms with Gasteiger partial charge in [0.05, 0.1) is 22.8 Å². The van der Waals surface area contributed by atoms with Gasteiger partial charge >= 0.3 is 0 Å². The maximum Gasteiger partial charge on any atom is 0.183 e. The molecule has 0 aliphatic carbocycles. The number of hydrogen-bond acceptors (Lipinski definition) is 5. The van der Waals surface area contributed by atoms with E-state index in [2.05, 4.69) is 31.0 Å². The summed E-state index contributed by atoms with van der Waals surface area (Å²) in [7, 11) is 0. The van der Waals surface area contributed by atoms with E-state index in [1.165, 1.54) is 6.33 Å². The summed E-state index contributed by atoms with van der Waals surface area (Å²) in [6.45, 7) is 1.22. The molecular weight excluding hydrogens is 432 g/mol. The predicted molar refractivity (Wildman–Crippen MR) is 104 cm³/mol. The molecule has 4 aromatic rings. The molecule has 0 bridgehead atoms. The van der Waals surface area contributed by atoms with Crippen molar-refractivity contribution in [3.05, 3.63) is 58.7 Å². The van der Waals surface area contributed by atoms with Crippen molar-refractivity contribution < 1.29 is 4.74 Å². The molecule has 1 aliphatic heterocycles. The predicted octanol–water partition coefficient (Wildman–Crippen LogP) is 4.00. The van der Waals surface area contributed by atoms with Gasteiger partial charge in [0, 0.05) is 18.5 Å². The van der Waals surface area contributed by atoms with Gasteiger partial charge in [-0.15, -0.1) is 0 Å². The fraction of sp³-hybridized carbons (Fsp3) is 0.111. The lowest BCUT2D eigenvalue weighted by Gasteiger charge is -2.07. The molecule has 3 aromatic heterocycles. The van der Waals surface area contributed by atoms with E-state index in [9.17, 15) is 0 Å². The van der Waals surface area contributed by atoms with Gasteiger partial charge in [-0.25, -0.2) is 19.6 Å². The molecule has 134 valence electrons. The van der Waals surface area contributed by atoms with Crippen LogP contribution < -0.4 is 4.74 Å². The molecule has 0 unspecified atom stereocenters. The highest BCUT2D eigenvalue weighted by atomic mass is 79.9. The van der Waals surface area contributed by atoms with Crippen molar-refractivity contribution in [3.63, 3.8) is 0 Å². The largest absolute Gasteiger partial charge is 0.491 e. The summed E-state index contributed by atoms with van der Waals surface area (Å²) in [5.74, 6) is 2.16. The van der Waals surface area contributed by atoms with Crippen LogP contribution in [-0.4, -0.2) is 35.9 Å². The van der Waals surface area contributed by atoms with Gasteiger partial charge in [-0.1, -0.05) is 23.7 Å². The van der Waals surface area contributed by atoms with Gasteiger partial charge in [-0.05, 0) is 28.1 Å². The number of para-hydroxylation sites is 1. The van der Waals surface area contributed by atoms with E-state index >= 15 is 0 Å². The fourth-order valence-electron chi connectivity index (χ4n) is 3.08. The van der Waals surface area contributed by atoms with Crippen LogP contribution in [0.4, 0.5) is 0 Å². The van der Waals surface area contributed by atoms with Crippen LogP contribution in [0.15, 0.2) is 53.7 Å². The molecule has 5 rings (SSSR count). The van der Waals surface area contributed by atoms with Crippen molar-refractivity contribution in [3.8, 4) is 34.3 Å². The summed E-state index contributed by atoms with van der Waals surface area (Å²) in [5.41, 5.74) is 2.30. The zero-order valence-electron chi connectivity index (χ0n) is 13.9. The zero-order valence-corrected chi connectivity index (χ0v) is 16.2. The van der Waals surface area contributed by atoms with Gasteiger partial charge in [0.1, 0.15) is 34.8 Å². The van der Waals surface area contributed by atoms with Crippen molar-refractivity contribution in [2.75, 3.05) is 6.61 Å². The molecule has 0 saturated carbocycles. The average molecular weight is 444 g/mol. The minimum atomic E-state index is 0.545. The molecule has 27 heavy (non-hydrogen) atoms. The van der Waals surface area contributed by atoms with Gasteiger partial charge in [0.2, 0.25) is 0 Å². The standard InChI is InChI=1S/C18H12BrClN6O/c19-16-7-15-11(8-21-16)17-24-13(9-25(17)5-6-27-15)18-22-10-23-26(18)14-4-2-1-3-12(14)20/h1-4,7-10H,5-6H2. The number of ether oxygens (including phenoxy) is 1. The van der Waals surface area contributed by atoms with E-state index in [-0.39, 0.29) is 0 Å². The molecule has 7 nitrogen and oxygen atoms in total. The van der Waals surface area contributed by atoms with E-state index in [0.717, 1.165) is 27.4 Å². The van der Waals surface area contributed by atoms with Crippen LogP contribution in [0.25, 0.3) is 28.6 Å². The van der Waals surface area contributed by atoms with Crippen LogP contribution in [0.3, 0.4) is 0 Å². The van der Waals surface area contributed by atoms with E-state index < -0.39 is 0 Å². The van der Waals surface area contributed by atoms with Crippen molar-refractivity contribution in [2.24, 2.45) is 0 Å². The van der Waals surface area contributed by atoms with Crippen molar-refractivity contribution in [1.82, 2.24) is 29.3 Å². The molecule has 0 spiro atoms. The molecular formula is C18H12BrClN6O. The lowest BCUT2D eigenvalue weighted by atomic mass is 10.2. The summed E-state index contributed by atoms with van der Waals surface area (Å²) in [6, 6.07) is 9.36. The van der Waals surface area contributed by atoms with Crippen LogP contribution in [0.2, 0.25) is 5.02 Å². The normalized spacial score (nSPS) is 12.8. The molecule has 9 heteroatoms. The molecule has 1 aliphatic rings. The second-order valence-electron chi connectivity index (χ2n) is 5.94. The Morgan fingerprint density at radius 1 is 1.15 bits per heavy atom. The van der Waals surface area contributed by atoms with Crippen molar-refractivity contribution >= 4 is 27.5 Å². The molecule has 0 N–H and O–H groups in total. The number of fused-ring (bicyclic) bond motifs is 3. The van der Waals surface area contributed by atoms with Crippen LogP contribution in [0, 0.1) is 0 Å². The maximum atomic E-state index is 6.34. The van der Waals surface area contributed by atoms with Crippen molar-refractivity contribution in [1.29, 1.82) is 0 Å². The Morgan fingerprint density at radius 3 is 2.93 bits per heavy atom. The summed E-state index contributed by atoms with van der Waals surface area (Å²) >= 11 is 9.72. The summed E-state index contributed by atoms with van der Waals surface area (Å²) < 4.78 is 10.3. The lowest BCUT2D eigenvalue weighted by Crippen LogP contribution is -2.04. The Bertz CT molecular complexity index is 1150. The van der Waals surface area contributed by atoms with Crippen LogP contribution in [-0.2, 0) is 6.54 Å². The first kappa shape index (κ1) is 16.5. The van der Waals surface area contributed by atoms with Crippen molar-refractivity contribution in [2.45, 2.75) is 6.54 Å². The molecule has 4 heterocycles. The first-order valence-electron chi connectivity index (χ1n) is 8.22. The first-order chi connectivity index (χ1) is 13.2. The second kappa shape index (κ2) is 6.47. The van der Waals surface area contributed by atoms with E-state index in [0.29, 0.717) is 29.7 Å². The Kier molecular flexibility index (Phi) is 3.95. The third-order valence-corrected chi connectivity index (χ3v) is 5.05.